The van der Waals surface area contributed by atoms with Gasteiger partial charge in [-0.2, -0.15) is 4.98 Å². The highest BCUT2D eigenvalue weighted by atomic mass is 35.5. The van der Waals surface area contributed by atoms with Crippen molar-refractivity contribution in [1.82, 2.24) is 20.3 Å². The van der Waals surface area contributed by atoms with Crippen LogP contribution in [0.1, 0.15) is 17.0 Å². The molecule has 3 aromatic rings. The molecule has 118 valence electrons. The average molecular weight is 332 g/mol. The molecule has 0 bridgehead atoms. The fourth-order valence-electron chi connectivity index (χ4n) is 2.18. The van der Waals surface area contributed by atoms with Crippen molar-refractivity contribution in [2.45, 2.75) is 20.3 Å². The first kappa shape index (κ1) is 15.2. The van der Waals surface area contributed by atoms with Crippen LogP contribution in [0.3, 0.4) is 0 Å². The summed E-state index contributed by atoms with van der Waals surface area (Å²) < 4.78 is 5.04. The number of hydrogen-bond acceptors (Lipinski definition) is 5. The van der Waals surface area contributed by atoms with Gasteiger partial charge in [-0.1, -0.05) is 28.9 Å². The zero-order valence-electron chi connectivity index (χ0n) is 12.6. The Kier molecular flexibility index (Phi) is 4.12. The topological polar surface area (TPSA) is 96.7 Å². The molecule has 0 saturated carbocycles. The first-order valence-electron chi connectivity index (χ1n) is 6.93. The number of amides is 1. The van der Waals surface area contributed by atoms with Gasteiger partial charge in [0, 0.05) is 11.1 Å². The van der Waals surface area contributed by atoms with Crippen LogP contribution < -0.4 is 5.32 Å². The lowest BCUT2D eigenvalue weighted by Gasteiger charge is -2.00. The molecule has 3 rings (SSSR count). The molecule has 0 saturated heterocycles. The summed E-state index contributed by atoms with van der Waals surface area (Å²) in [6.07, 6.45) is 0.150. The molecular weight excluding hydrogens is 318 g/mol. The highest BCUT2D eigenvalue weighted by Gasteiger charge is 2.15. The standard InChI is InChI=1S/C15H14ClN5O2/c1-8-11(9(2)23-21-8)7-13(22)17-15-18-14(19-20-15)10-5-3-4-6-12(10)16/h3-6H,7H2,1-2H3,(H2,17,18,19,20,22). The fourth-order valence-corrected chi connectivity index (χ4v) is 2.40. The van der Waals surface area contributed by atoms with E-state index in [9.17, 15) is 4.79 Å². The van der Waals surface area contributed by atoms with Gasteiger partial charge in [-0.05, 0) is 26.0 Å². The Labute approximate surface area is 137 Å². The number of nitrogens with zero attached hydrogens (tertiary/aromatic N) is 3. The maximum Gasteiger partial charge on any atom is 0.249 e. The lowest BCUT2D eigenvalue weighted by molar-refractivity contribution is -0.115. The first-order valence-corrected chi connectivity index (χ1v) is 7.31. The summed E-state index contributed by atoms with van der Waals surface area (Å²) in [6, 6.07) is 7.25. The maximum atomic E-state index is 12.1. The molecule has 0 spiro atoms. The Morgan fingerprint density at radius 1 is 1.35 bits per heavy atom. The Morgan fingerprint density at radius 3 is 2.83 bits per heavy atom. The molecule has 0 aliphatic heterocycles. The SMILES string of the molecule is Cc1noc(C)c1CC(=O)Nc1n[nH]c(-c2ccccc2Cl)n1. The summed E-state index contributed by atoms with van der Waals surface area (Å²) in [5.74, 6) is 1.06. The summed E-state index contributed by atoms with van der Waals surface area (Å²) >= 11 is 6.11. The second-order valence-corrected chi connectivity index (χ2v) is 5.42. The van der Waals surface area contributed by atoms with E-state index in [0.717, 1.165) is 5.56 Å². The van der Waals surface area contributed by atoms with Gasteiger partial charge < -0.3 is 4.52 Å². The molecule has 1 aromatic carbocycles. The van der Waals surface area contributed by atoms with Crippen LogP contribution in [0.25, 0.3) is 11.4 Å². The lowest BCUT2D eigenvalue weighted by Crippen LogP contribution is -2.16. The highest BCUT2D eigenvalue weighted by Crippen LogP contribution is 2.24. The number of aryl methyl sites for hydroxylation is 2. The quantitative estimate of drug-likeness (QED) is 0.766. The van der Waals surface area contributed by atoms with Crippen molar-refractivity contribution < 1.29 is 9.32 Å². The molecule has 7 nitrogen and oxygen atoms in total. The van der Waals surface area contributed by atoms with Crippen molar-refractivity contribution in [3.8, 4) is 11.4 Å². The summed E-state index contributed by atoms with van der Waals surface area (Å²) in [6.45, 7) is 3.56. The maximum absolute atomic E-state index is 12.1. The zero-order valence-corrected chi connectivity index (χ0v) is 13.3. The molecule has 2 aromatic heterocycles. The normalized spacial score (nSPS) is 10.7. The van der Waals surface area contributed by atoms with E-state index < -0.39 is 0 Å². The number of aromatic nitrogens is 4. The minimum absolute atomic E-state index is 0.150. The van der Waals surface area contributed by atoms with Crippen molar-refractivity contribution in [1.29, 1.82) is 0 Å². The third kappa shape index (κ3) is 3.24. The van der Waals surface area contributed by atoms with Gasteiger partial charge in [0.15, 0.2) is 5.82 Å². The minimum Gasteiger partial charge on any atom is -0.361 e. The van der Waals surface area contributed by atoms with Gasteiger partial charge in [0.05, 0.1) is 17.1 Å². The van der Waals surface area contributed by atoms with Crippen molar-refractivity contribution >= 4 is 23.5 Å². The second kappa shape index (κ2) is 6.21. The van der Waals surface area contributed by atoms with E-state index in [0.29, 0.717) is 27.9 Å². The Morgan fingerprint density at radius 2 is 2.13 bits per heavy atom. The second-order valence-electron chi connectivity index (χ2n) is 5.02. The van der Waals surface area contributed by atoms with Crippen LogP contribution in [-0.4, -0.2) is 26.2 Å². The van der Waals surface area contributed by atoms with Crippen molar-refractivity contribution in [3.05, 3.63) is 46.3 Å². The van der Waals surface area contributed by atoms with E-state index in [4.69, 9.17) is 16.1 Å². The number of aromatic amines is 1. The van der Waals surface area contributed by atoms with E-state index in [1.54, 1.807) is 19.9 Å². The van der Waals surface area contributed by atoms with Crippen LogP contribution in [0.4, 0.5) is 5.95 Å². The van der Waals surface area contributed by atoms with E-state index in [1.807, 2.05) is 18.2 Å². The summed E-state index contributed by atoms with van der Waals surface area (Å²) in [5, 5.41) is 13.8. The van der Waals surface area contributed by atoms with Crippen molar-refractivity contribution in [2.75, 3.05) is 5.32 Å². The van der Waals surface area contributed by atoms with Crippen LogP contribution in [0.5, 0.6) is 0 Å². The fraction of sp³-hybridized carbons (Fsp3) is 0.200. The Balaban J connectivity index is 1.72. The molecule has 0 aliphatic carbocycles. The van der Waals surface area contributed by atoms with Crippen molar-refractivity contribution in [3.63, 3.8) is 0 Å². The Hall–Kier alpha value is -2.67. The van der Waals surface area contributed by atoms with Crippen LogP contribution in [-0.2, 0) is 11.2 Å². The summed E-state index contributed by atoms with van der Waals surface area (Å²) in [7, 11) is 0. The van der Waals surface area contributed by atoms with E-state index >= 15 is 0 Å². The van der Waals surface area contributed by atoms with Gasteiger partial charge in [-0.25, -0.2) is 0 Å². The smallest absolute Gasteiger partial charge is 0.249 e. The summed E-state index contributed by atoms with van der Waals surface area (Å²) in [4.78, 5) is 16.3. The van der Waals surface area contributed by atoms with Gasteiger partial charge in [-0.3, -0.25) is 15.2 Å². The number of carbonyl (C=O) groups excluding carboxylic acids is 1. The van der Waals surface area contributed by atoms with Crippen molar-refractivity contribution in [2.24, 2.45) is 0 Å². The molecule has 2 heterocycles. The molecule has 8 heteroatoms. The molecule has 0 unspecified atom stereocenters. The third-order valence-corrected chi connectivity index (χ3v) is 3.71. The molecule has 23 heavy (non-hydrogen) atoms. The van der Waals surface area contributed by atoms with Gasteiger partial charge in [0.1, 0.15) is 5.76 Å². The number of halogens is 1. The van der Waals surface area contributed by atoms with Gasteiger partial charge in [0.25, 0.3) is 0 Å². The van der Waals surface area contributed by atoms with E-state index in [1.165, 1.54) is 0 Å². The average Bonchev–Trinajstić information content (AvgIpc) is 3.09. The molecule has 0 aliphatic rings. The van der Waals surface area contributed by atoms with Crippen LogP contribution in [0, 0.1) is 13.8 Å². The number of H-pyrrole nitrogens is 1. The molecule has 1 amide bonds. The molecule has 0 atom stereocenters. The van der Waals surface area contributed by atoms with Gasteiger partial charge in [-0.15, -0.1) is 5.10 Å². The van der Waals surface area contributed by atoms with E-state index in [2.05, 4.69) is 25.7 Å². The van der Waals surface area contributed by atoms with Crippen LogP contribution >= 0.6 is 11.6 Å². The van der Waals surface area contributed by atoms with Crippen LogP contribution in [0.2, 0.25) is 5.02 Å². The first-order chi connectivity index (χ1) is 11.0. The zero-order chi connectivity index (χ0) is 16.4. The predicted molar refractivity (Wildman–Crippen MR) is 85.1 cm³/mol. The molecule has 0 radical (unpaired) electrons. The Bertz CT molecular complexity index is 836. The minimum atomic E-state index is -0.246. The number of nitrogens with one attached hydrogen (secondary N) is 2. The third-order valence-electron chi connectivity index (χ3n) is 3.38. The number of hydrogen-bond donors (Lipinski definition) is 2. The molecule has 0 fully saturated rings. The number of rotatable bonds is 4. The van der Waals surface area contributed by atoms with Gasteiger partial charge >= 0.3 is 0 Å². The number of benzene rings is 1. The monoisotopic (exact) mass is 331 g/mol. The largest absolute Gasteiger partial charge is 0.361 e. The molecular formula is C15H14ClN5O2. The molecule has 2 N–H and O–H groups in total. The highest BCUT2D eigenvalue weighted by molar-refractivity contribution is 6.33. The lowest BCUT2D eigenvalue weighted by atomic mass is 10.1. The summed E-state index contributed by atoms with van der Waals surface area (Å²) in [5.41, 5.74) is 2.18. The predicted octanol–water partition coefficient (Wildman–Crippen LogP) is 2.91. The van der Waals surface area contributed by atoms with Gasteiger partial charge in [0.2, 0.25) is 11.9 Å². The number of carbonyl (C=O) groups is 1. The number of anilines is 1. The van der Waals surface area contributed by atoms with Crippen LogP contribution in [0.15, 0.2) is 28.8 Å². The van der Waals surface area contributed by atoms with E-state index in [-0.39, 0.29) is 18.3 Å².